The van der Waals surface area contributed by atoms with Crippen molar-refractivity contribution in [2.45, 2.75) is 25.1 Å². The molecule has 3 nitrogen and oxygen atoms in total. The molecule has 0 aromatic carbocycles. The van der Waals surface area contributed by atoms with Crippen molar-refractivity contribution in [2.24, 2.45) is 0 Å². The Kier molecular flexibility index (Phi) is 4.04. The topological polar surface area (TPSA) is 46.0 Å². The van der Waals surface area contributed by atoms with Gasteiger partial charge in [0.05, 0.1) is 6.61 Å². The van der Waals surface area contributed by atoms with Gasteiger partial charge in [0.15, 0.2) is 5.16 Å². The molecule has 0 amide bonds. The summed E-state index contributed by atoms with van der Waals surface area (Å²) in [5, 5.41) is 9.50. The summed E-state index contributed by atoms with van der Waals surface area (Å²) in [5.74, 6) is 1.04. The Hall–Kier alpha value is -0.610. The van der Waals surface area contributed by atoms with Crippen molar-refractivity contribution in [1.29, 1.82) is 0 Å². The maximum atomic E-state index is 8.72. The van der Waals surface area contributed by atoms with E-state index < -0.39 is 0 Å². The van der Waals surface area contributed by atoms with Crippen LogP contribution >= 0.6 is 11.8 Å². The average Bonchev–Trinajstić information content (AvgIpc) is 2.15. The van der Waals surface area contributed by atoms with Crippen LogP contribution in [-0.2, 0) is 6.61 Å². The van der Waals surface area contributed by atoms with Gasteiger partial charge in [0.25, 0.3) is 0 Å². The van der Waals surface area contributed by atoms with E-state index in [-0.39, 0.29) is 6.61 Å². The van der Waals surface area contributed by atoms with Crippen molar-refractivity contribution in [3.63, 3.8) is 0 Å². The number of thioether (sulfide) groups is 1. The molecule has 1 aromatic heterocycles. The highest BCUT2D eigenvalue weighted by Gasteiger charge is 1.96. The van der Waals surface area contributed by atoms with Crippen molar-refractivity contribution in [3.05, 3.63) is 18.0 Å². The van der Waals surface area contributed by atoms with Gasteiger partial charge in [-0.25, -0.2) is 9.97 Å². The van der Waals surface area contributed by atoms with Gasteiger partial charge in [-0.2, -0.15) is 0 Å². The van der Waals surface area contributed by atoms with E-state index in [1.165, 1.54) is 0 Å². The summed E-state index contributed by atoms with van der Waals surface area (Å²) in [4.78, 5) is 8.16. The van der Waals surface area contributed by atoms with Crippen LogP contribution in [0.15, 0.2) is 17.6 Å². The average molecular weight is 184 g/mol. The minimum absolute atomic E-state index is 0.0126. The summed E-state index contributed by atoms with van der Waals surface area (Å²) in [7, 11) is 0. The molecule has 0 aliphatic carbocycles. The Balaban J connectivity index is 2.53. The molecular weight excluding hydrogens is 172 g/mol. The number of aliphatic hydroxyl groups excluding tert-OH is 1. The largest absolute Gasteiger partial charge is 0.392 e. The lowest BCUT2D eigenvalue weighted by atomic mass is 10.4. The zero-order valence-electron chi connectivity index (χ0n) is 7.03. The number of nitrogens with zero attached hydrogens (tertiary/aromatic N) is 2. The number of aromatic nitrogens is 2. The molecule has 1 N–H and O–H groups in total. The highest BCUT2D eigenvalue weighted by Crippen LogP contribution is 2.12. The fraction of sp³-hybridized carbons (Fsp3) is 0.500. The molecule has 0 radical (unpaired) electrons. The normalized spacial score (nSPS) is 10.2. The second kappa shape index (κ2) is 5.11. The van der Waals surface area contributed by atoms with Crippen molar-refractivity contribution in [1.82, 2.24) is 9.97 Å². The summed E-state index contributed by atoms with van der Waals surface area (Å²) in [6.07, 6.45) is 4.44. The van der Waals surface area contributed by atoms with Gasteiger partial charge in [-0.3, -0.25) is 0 Å². The Bertz CT molecular complexity index is 225. The minimum Gasteiger partial charge on any atom is -0.392 e. The lowest BCUT2D eigenvalue weighted by molar-refractivity contribution is 0.280. The van der Waals surface area contributed by atoms with E-state index in [1.54, 1.807) is 24.2 Å². The summed E-state index contributed by atoms with van der Waals surface area (Å²) in [6, 6.07) is 0. The Morgan fingerprint density at radius 3 is 2.58 bits per heavy atom. The molecule has 0 spiro atoms. The lowest BCUT2D eigenvalue weighted by Crippen LogP contribution is -1.90. The van der Waals surface area contributed by atoms with Crippen LogP contribution in [0.2, 0.25) is 0 Å². The molecular formula is C8H12N2OS. The van der Waals surface area contributed by atoms with Crippen LogP contribution in [-0.4, -0.2) is 20.8 Å². The summed E-state index contributed by atoms with van der Waals surface area (Å²) in [6.45, 7) is 2.13. The van der Waals surface area contributed by atoms with Gasteiger partial charge in [-0.05, 0) is 6.42 Å². The van der Waals surface area contributed by atoms with Crippen LogP contribution in [0, 0.1) is 0 Å². The van der Waals surface area contributed by atoms with Crippen LogP contribution in [0.3, 0.4) is 0 Å². The van der Waals surface area contributed by atoms with Gasteiger partial charge in [-0.1, -0.05) is 18.7 Å². The van der Waals surface area contributed by atoms with E-state index >= 15 is 0 Å². The highest BCUT2D eigenvalue weighted by molar-refractivity contribution is 7.99. The molecule has 1 rings (SSSR count). The Morgan fingerprint density at radius 1 is 1.42 bits per heavy atom. The molecule has 0 aliphatic heterocycles. The van der Waals surface area contributed by atoms with Crippen molar-refractivity contribution in [3.8, 4) is 0 Å². The van der Waals surface area contributed by atoms with Crippen molar-refractivity contribution >= 4 is 11.8 Å². The van der Waals surface area contributed by atoms with Crippen LogP contribution < -0.4 is 0 Å². The van der Waals surface area contributed by atoms with Gasteiger partial charge in [-0.15, -0.1) is 0 Å². The molecule has 4 heteroatoms. The van der Waals surface area contributed by atoms with Gasteiger partial charge in [0.2, 0.25) is 0 Å². The number of rotatable bonds is 4. The van der Waals surface area contributed by atoms with E-state index in [0.717, 1.165) is 22.9 Å². The second-order valence-electron chi connectivity index (χ2n) is 2.38. The van der Waals surface area contributed by atoms with E-state index in [4.69, 9.17) is 5.11 Å². The summed E-state index contributed by atoms with van der Waals surface area (Å²) in [5.41, 5.74) is 0.760. The molecule has 0 saturated carbocycles. The number of hydrogen-bond donors (Lipinski definition) is 1. The lowest BCUT2D eigenvalue weighted by Gasteiger charge is -1.98. The van der Waals surface area contributed by atoms with Crippen LogP contribution in [0.1, 0.15) is 18.9 Å². The fourth-order valence-corrected chi connectivity index (χ4v) is 1.33. The smallest absolute Gasteiger partial charge is 0.187 e. The summed E-state index contributed by atoms with van der Waals surface area (Å²) < 4.78 is 0. The SMILES string of the molecule is CCCSc1ncc(CO)cn1. The maximum absolute atomic E-state index is 8.72. The Morgan fingerprint density at radius 2 is 2.08 bits per heavy atom. The molecule has 0 bridgehead atoms. The first kappa shape index (κ1) is 9.48. The van der Waals surface area contributed by atoms with Gasteiger partial charge in [0.1, 0.15) is 0 Å². The van der Waals surface area contributed by atoms with Gasteiger partial charge >= 0.3 is 0 Å². The zero-order valence-corrected chi connectivity index (χ0v) is 7.84. The molecule has 0 saturated heterocycles. The molecule has 1 aromatic rings. The van der Waals surface area contributed by atoms with Crippen molar-refractivity contribution < 1.29 is 5.11 Å². The quantitative estimate of drug-likeness (QED) is 0.568. The van der Waals surface area contributed by atoms with Crippen molar-refractivity contribution in [2.75, 3.05) is 5.75 Å². The molecule has 0 unspecified atom stereocenters. The first-order chi connectivity index (χ1) is 5.86. The third kappa shape index (κ3) is 2.79. The predicted molar refractivity (Wildman–Crippen MR) is 49.0 cm³/mol. The molecule has 66 valence electrons. The molecule has 0 atom stereocenters. The van der Waals surface area contributed by atoms with E-state index in [0.29, 0.717) is 0 Å². The van der Waals surface area contributed by atoms with E-state index in [2.05, 4.69) is 16.9 Å². The van der Waals surface area contributed by atoms with Gasteiger partial charge in [0, 0.05) is 23.7 Å². The number of aliphatic hydroxyl groups is 1. The Labute approximate surface area is 76.2 Å². The monoisotopic (exact) mass is 184 g/mol. The fourth-order valence-electron chi connectivity index (χ4n) is 0.692. The second-order valence-corrected chi connectivity index (χ2v) is 3.44. The maximum Gasteiger partial charge on any atom is 0.187 e. The molecule has 12 heavy (non-hydrogen) atoms. The minimum atomic E-state index is 0.0126. The van der Waals surface area contributed by atoms with Gasteiger partial charge < -0.3 is 5.11 Å². The predicted octanol–water partition coefficient (Wildman–Crippen LogP) is 1.47. The first-order valence-corrected chi connectivity index (χ1v) is 4.90. The third-order valence-corrected chi connectivity index (χ3v) is 2.38. The number of hydrogen-bond acceptors (Lipinski definition) is 4. The van der Waals surface area contributed by atoms with Crippen LogP contribution in [0.5, 0.6) is 0 Å². The first-order valence-electron chi connectivity index (χ1n) is 3.91. The molecule has 0 fully saturated rings. The third-order valence-electron chi connectivity index (χ3n) is 1.30. The standard InChI is InChI=1S/C8H12N2OS/c1-2-3-12-8-9-4-7(6-11)5-10-8/h4-5,11H,2-3,6H2,1H3. The highest BCUT2D eigenvalue weighted by atomic mass is 32.2. The van der Waals surface area contributed by atoms with Crippen LogP contribution in [0.4, 0.5) is 0 Å². The summed E-state index contributed by atoms with van der Waals surface area (Å²) >= 11 is 1.64. The molecule has 1 heterocycles. The molecule has 0 aliphatic rings. The zero-order chi connectivity index (χ0) is 8.81. The van der Waals surface area contributed by atoms with E-state index in [1.807, 2.05) is 0 Å². The van der Waals surface area contributed by atoms with Crippen LogP contribution in [0.25, 0.3) is 0 Å². The van der Waals surface area contributed by atoms with E-state index in [9.17, 15) is 0 Å².